The second-order valence-corrected chi connectivity index (χ2v) is 8.76. The highest BCUT2D eigenvalue weighted by Crippen LogP contribution is 2.61. The molecule has 4 heteroatoms. The number of benzene rings is 1. The lowest BCUT2D eigenvalue weighted by Crippen LogP contribution is -2.55. The topological polar surface area (TPSA) is 38.3 Å². The predicted molar refractivity (Wildman–Crippen MR) is 95.5 cm³/mol. The summed E-state index contributed by atoms with van der Waals surface area (Å²) in [5.74, 6) is 3.16. The van der Waals surface area contributed by atoms with Crippen LogP contribution in [0.4, 0.5) is 0 Å². The number of carbonyl (C=O) groups excluding carboxylic acids is 1. The molecule has 4 bridgehead atoms. The van der Waals surface area contributed by atoms with Crippen molar-refractivity contribution in [3.63, 3.8) is 0 Å². The first-order valence-corrected chi connectivity index (χ1v) is 9.51. The summed E-state index contributed by atoms with van der Waals surface area (Å²) in [5.41, 5.74) is 0.831. The van der Waals surface area contributed by atoms with Crippen molar-refractivity contribution in [3.8, 4) is 5.75 Å². The maximum atomic E-state index is 12.8. The molecule has 0 aromatic heterocycles. The summed E-state index contributed by atoms with van der Waals surface area (Å²) in [6.07, 6.45) is 8.11. The third-order valence-corrected chi connectivity index (χ3v) is 6.99. The van der Waals surface area contributed by atoms with Crippen LogP contribution in [-0.2, 0) is 0 Å². The number of nitrogens with one attached hydrogen (secondary N) is 1. The Labute approximate surface area is 149 Å². The van der Waals surface area contributed by atoms with E-state index in [1.54, 1.807) is 25.3 Å². The molecule has 1 unspecified atom stereocenters. The molecule has 0 saturated heterocycles. The van der Waals surface area contributed by atoms with Crippen LogP contribution in [0.15, 0.2) is 18.2 Å². The van der Waals surface area contributed by atoms with Gasteiger partial charge < -0.3 is 10.1 Å². The van der Waals surface area contributed by atoms with E-state index >= 15 is 0 Å². The standard InChI is InChI=1S/C20H26ClNO2/c1-12(20-9-13-5-14(10-20)7-15(6-13)11-20)22-19(23)17-8-16(21)3-4-18(17)24-2/h3-4,8,12-15H,5-7,9-11H2,1-2H3,(H,22,23). The summed E-state index contributed by atoms with van der Waals surface area (Å²) in [6.45, 7) is 2.20. The van der Waals surface area contributed by atoms with Crippen LogP contribution < -0.4 is 10.1 Å². The molecule has 1 aromatic carbocycles. The first-order valence-electron chi connectivity index (χ1n) is 9.13. The maximum Gasteiger partial charge on any atom is 0.255 e. The molecule has 1 aromatic rings. The van der Waals surface area contributed by atoms with Gasteiger partial charge in [-0.1, -0.05) is 11.6 Å². The van der Waals surface area contributed by atoms with Crippen LogP contribution in [-0.4, -0.2) is 19.1 Å². The molecule has 1 N–H and O–H groups in total. The van der Waals surface area contributed by atoms with Gasteiger partial charge in [-0.2, -0.15) is 0 Å². The highest BCUT2D eigenvalue weighted by Gasteiger charge is 2.53. The van der Waals surface area contributed by atoms with Gasteiger partial charge in [-0.3, -0.25) is 4.79 Å². The van der Waals surface area contributed by atoms with Gasteiger partial charge in [-0.25, -0.2) is 0 Å². The number of amides is 1. The fraction of sp³-hybridized carbons (Fsp3) is 0.650. The summed E-state index contributed by atoms with van der Waals surface area (Å²) in [4.78, 5) is 12.8. The zero-order chi connectivity index (χ0) is 16.9. The third-order valence-electron chi connectivity index (χ3n) is 6.76. The number of carbonyl (C=O) groups is 1. The molecule has 0 heterocycles. The Kier molecular flexibility index (Phi) is 4.03. The Morgan fingerprint density at radius 1 is 1.21 bits per heavy atom. The van der Waals surface area contributed by atoms with Crippen LogP contribution in [0.25, 0.3) is 0 Å². The third kappa shape index (κ3) is 2.71. The molecule has 4 fully saturated rings. The Morgan fingerprint density at radius 2 is 1.79 bits per heavy atom. The van der Waals surface area contributed by atoms with Gasteiger partial charge in [-0.15, -0.1) is 0 Å². The number of hydrogen-bond acceptors (Lipinski definition) is 2. The van der Waals surface area contributed by atoms with Gasteiger partial charge in [0.2, 0.25) is 0 Å². The van der Waals surface area contributed by atoms with Crippen molar-refractivity contribution < 1.29 is 9.53 Å². The van der Waals surface area contributed by atoms with Crippen LogP contribution in [0.3, 0.4) is 0 Å². The van der Waals surface area contributed by atoms with Crippen molar-refractivity contribution >= 4 is 17.5 Å². The van der Waals surface area contributed by atoms with Crippen molar-refractivity contribution in [2.45, 2.75) is 51.5 Å². The lowest BCUT2D eigenvalue weighted by Gasteiger charge is -2.59. The molecule has 0 spiro atoms. The zero-order valence-corrected chi connectivity index (χ0v) is 15.2. The minimum absolute atomic E-state index is 0.0717. The van der Waals surface area contributed by atoms with Gasteiger partial charge in [-0.05, 0) is 86.8 Å². The summed E-state index contributed by atoms with van der Waals surface area (Å²) >= 11 is 6.08. The Morgan fingerprint density at radius 3 is 2.33 bits per heavy atom. The van der Waals surface area contributed by atoms with E-state index in [9.17, 15) is 4.79 Å². The van der Waals surface area contributed by atoms with E-state index < -0.39 is 0 Å². The van der Waals surface area contributed by atoms with Crippen molar-refractivity contribution in [2.75, 3.05) is 7.11 Å². The van der Waals surface area contributed by atoms with E-state index in [1.807, 2.05) is 0 Å². The molecule has 0 radical (unpaired) electrons. The molecule has 0 aliphatic heterocycles. The van der Waals surface area contributed by atoms with Crippen LogP contribution in [0.1, 0.15) is 55.8 Å². The average Bonchev–Trinajstić information content (AvgIpc) is 2.53. The smallest absolute Gasteiger partial charge is 0.255 e. The first kappa shape index (κ1) is 16.3. The van der Waals surface area contributed by atoms with Gasteiger partial charge in [0.05, 0.1) is 12.7 Å². The predicted octanol–water partition coefficient (Wildman–Crippen LogP) is 4.68. The molecule has 1 amide bonds. The minimum Gasteiger partial charge on any atom is -0.496 e. The Hall–Kier alpha value is -1.22. The van der Waals surface area contributed by atoms with Crippen molar-refractivity contribution in [3.05, 3.63) is 28.8 Å². The van der Waals surface area contributed by atoms with E-state index in [0.29, 0.717) is 21.8 Å². The Bertz CT molecular complexity index is 622. The second kappa shape index (κ2) is 5.94. The molecule has 5 rings (SSSR count). The van der Waals surface area contributed by atoms with E-state index in [1.165, 1.54) is 38.5 Å². The average molecular weight is 348 g/mol. The molecule has 4 saturated carbocycles. The normalized spacial score (nSPS) is 34.9. The van der Waals surface area contributed by atoms with E-state index in [0.717, 1.165) is 17.8 Å². The highest BCUT2D eigenvalue weighted by molar-refractivity contribution is 6.31. The quantitative estimate of drug-likeness (QED) is 0.858. The number of halogens is 1. The fourth-order valence-electron chi connectivity index (χ4n) is 5.99. The maximum absolute atomic E-state index is 12.8. The van der Waals surface area contributed by atoms with Gasteiger partial charge in [0.25, 0.3) is 5.91 Å². The van der Waals surface area contributed by atoms with Crippen molar-refractivity contribution in [1.82, 2.24) is 5.32 Å². The number of ether oxygens (including phenoxy) is 1. The SMILES string of the molecule is COc1ccc(Cl)cc1C(=O)NC(C)C12CC3CC(CC(C3)C1)C2. The van der Waals surface area contributed by atoms with E-state index in [-0.39, 0.29) is 11.9 Å². The molecule has 130 valence electrons. The zero-order valence-electron chi connectivity index (χ0n) is 14.5. The molecule has 1 atom stereocenters. The number of hydrogen-bond donors (Lipinski definition) is 1. The number of methoxy groups -OCH3 is 1. The minimum atomic E-state index is -0.0717. The van der Waals surface area contributed by atoms with Gasteiger partial charge >= 0.3 is 0 Å². The van der Waals surface area contributed by atoms with Gasteiger partial charge in [0, 0.05) is 11.1 Å². The van der Waals surface area contributed by atoms with E-state index in [2.05, 4.69) is 12.2 Å². The van der Waals surface area contributed by atoms with Crippen molar-refractivity contribution in [2.24, 2.45) is 23.2 Å². The monoisotopic (exact) mass is 347 g/mol. The molecule has 4 aliphatic rings. The Balaban J connectivity index is 1.53. The molecule has 24 heavy (non-hydrogen) atoms. The second-order valence-electron chi connectivity index (χ2n) is 8.32. The van der Waals surface area contributed by atoms with Gasteiger partial charge in [0.15, 0.2) is 0 Å². The van der Waals surface area contributed by atoms with E-state index in [4.69, 9.17) is 16.3 Å². The highest BCUT2D eigenvalue weighted by atomic mass is 35.5. The van der Waals surface area contributed by atoms with Gasteiger partial charge in [0.1, 0.15) is 5.75 Å². The number of rotatable bonds is 4. The summed E-state index contributed by atoms with van der Waals surface area (Å²) in [5, 5.41) is 3.84. The molecule has 3 nitrogen and oxygen atoms in total. The lowest BCUT2D eigenvalue weighted by molar-refractivity contribution is -0.0688. The summed E-state index contributed by atoms with van der Waals surface area (Å²) in [6, 6.07) is 5.40. The largest absolute Gasteiger partial charge is 0.496 e. The van der Waals surface area contributed by atoms with Crippen LogP contribution in [0.2, 0.25) is 5.02 Å². The molecule has 4 aliphatic carbocycles. The van der Waals surface area contributed by atoms with Crippen LogP contribution in [0, 0.1) is 23.2 Å². The first-order chi connectivity index (χ1) is 11.5. The van der Waals surface area contributed by atoms with Crippen LogP contribution >= 0.6 is 11.6 Å². The molecular formula is C20H26ClNO2. The van der Waals surface area contributed by atoms with Crippen LogP contribution in [0.5, 0.6) is 5.75 Å². The molecular weight excluding hydrogens is 322 g/mol. The lowest BCUT2D eigenvalue weighted by atomic mass is 9.48. The summed E-state index contributed by atoms with van der Waals surface area (Å²) < 4.78 is 5.33. The summed E-state index contributed by atoms with van der Waals surface area (Å²) in [7, 11) is 1.59. The van der Waals surface area contributed by atoms with Crippen molar-refractivity contribution in [1.29, 1.82) is 0 Å². The fourth-order valence-corrected chi connectivity index (χ4v) is 6.17.